The summed E-state index contributed by atoms with van der Waals surface area (Å²) in [5.41, 5.74) is -0.337. The number of amides is 1. The van der Waals surface area contributed by atoms with Gasteiger partial charge in [0.1, 0.15) is 17.2 Å². The van der Waals surface area contributed by atoms with Gasteiger partial charge in [0.2, 0.25) is 0 Å². The first-order valence-corrected chi connectivity index (χ1v) is 8.21. The zero-order valence-corrected chi connectivity index (χ0v) is 14.7. The van der Waals surface area contributed by atoms with E-state index in [4.69, 9.17) is 0 Å². The Morgan fingerprint density at radius 2 is 1.48 bits per heavy atom. The Morgan fingerprint density at radius 3 is 2.07 bits per heavy atom. The average Bonchev–Trinajstić information content (AvgIpc) is 2.64. The molecule has 1 aromatic heterocycles. The predicted molar refractivity (Wildman–Crippen MR) is 98.2 cm³/mol. The van der Waals surface area contributed by atoms with E-state index < -0.39 is 22.8 Å². The van der Waals surface area contributed by atoms with E-state index in [0.717, 1.165) is 4.68 Å². The Morgan fingerprint density at radius 1 is 0.926 bits per heavy atom. The number of nitrogens with one attached hydrogen (secondary N) is 1. The lowest BCUT2D eigenvalue weighted by molar-refractivity contribution is -0.123. The summed E-state index contributed by atoms with van der Waals surface area (Å²) in [6.07, 6.45) is 0. The van der Waals surface area contributed by atoms with Crippen molar-refractivity contribution >= 4 is 11.6 Å². The standard InChI is InChI=1S/C20H17F2N3O2/c1-20(2,19(27)23-16-9-7-15(22)8-10-16)25-18(26)12-11-17(24-25)13-3-5-14(21)6-4-13/h3-12H,1-2H3,(H,23,27). The fourth-order valence-electron chi connectivity index (χ4n) is 2.50. The molecule has 1 heterocycles. The fourth-order valence-corrected chi connectivity index (χ4v) is 2.50. The van der Waals surface area contributed by atoms with Gasteiger partial charge in [-0.2, -0.15) is 5.10 Å². The van der Waals surface area contributed by atoms with Crippen LogP contribution in [0.3, 0.4) is 0 Å². The van der Waals surface area contributed by atoms with E-state index in [9.17, 15) is 18.4 Å². The highest BCUT2D eigenvalue weighted by atomic mass is 19.1. The zero-order valence-electron chi connectivity index (χ0n) is 14.7. The molecular weight excluding hydrogens is 352 g/mol. The molecule has 138 valence electrons. The Labute approximate surface area is 154 Å². The van der Waals surface area contributed by atoms with Crippen molar-refractivity contribution in [2.45, 2.75) is 19.4 Å². The number of halogens is 2. The van der Waals surface area contributed by atoms with Crippen molar-refractivity contribution in [3.63, 3.8) is 0 Å². The van der Waals surface area contributed by atoms with Crippen molar-refractivity contribution in [3.8, 4) is 11.3 Å². The molecule has 3 aromatic rings. The van der Waals surface area contributed by atoms with Crippen LogP contribution in [0.2, 0.25) is 0 Å². The lowest BCUT2D eigenvalue weighted by Gasteiger charge is -2.25. The van der Waals surface area contributed by atoms with Gasteiger partial charge in [-0.15, -0.1) is 0 Å². The van der Waals surface area contributed by atoms with Gasteiger partial charge in [-0.1, -0.05) is 0 Å². The van der Waals surface area contributed by atoms with Gasteiger partial charge < -0.3 is 5.32 Å². The first kappa shape index (κ1) is 18.4. The molecule has 7 heteroatoms. The van der Waals surface area contributed by atoms with Crippen molar-refractivity contribution in [2.75, 3.05) is 5.32 Å². The van der Waals surface area contributed by atoms with Crippen LogP contribution in [0.1, 0.15) is 13.8 Å². The minimum atomic E-state index is -1.32. The van der Waals surface area contributed by atoms with E-state index >= 15 is 0 Å². The molecule has 0 spiro atoms. The molecule has 0 aliphatic rings. The summed E-state index contributed by atoms with van der Waals surface area (Å²) in [5, 5.41) is 6.93. The highest BCUT2D eigenvalue weighted by molar-refractivity contribution is 5.96. The second-order valence-electron chi connectivity index (χ2n) is 6.50. The lowest BCUT2D eigenvalue weighted by Crippen LogP contribution is -2.47. The third-order valence-corrected chi connectivity index (χ3v) is 4.13. The van der Waals surface area contributed by atoms with E-state index in [-0.39, 0.29) is 5.82 Å². The van der Waals surface area contributed by atoms with Gasteiger partial charge in [-0.25, -0.2) is 13.5 Å². The van der Waals surface area contributed by atoms with E-state index in [0.29, 0.717) is 16.9 Å². The number of carbonyl (C=O) groups excluding carboxylic acids is 1. The lowest BCUT2D eigenvalue weighted by atomic mass is 10.0. The smallest absolute Gasteiger partial charge is 0.267 e. The van der Waals surface area contributed by atoms with Gasteiger partial charge in [0, 0.05) is 17.3 Å². The summed E-state index contributed by atoms with van der Waals surface area (Å²) in [4.78, 5) is 25.0. The highest BCUT2D eigenvalue weighted by Crippen LogP contribution is 2.20. The number of hydrogen-bond acceptors (Lipinski definition) is 3. The first-order chi connectivity index (χ1) is 12.8. The van der Waals surface area contributed by atoms with Crippen molar-refractivity contribution in [1.29, 1.82) is 0 Å². The number of carbonyl (C=O) groups is 1. The molecule has 2 aromatic carbocycles. The number of hydrogen-bond donors (Lipinski definition) is 1. The van der Waals surface area contributed by atoms with Crippen molar-refractivity contribution in [2.24, 2.45) is 0 Å². The number of aromatic nitrogens is 2. The van der Waals surface area contributed by atoms with Crippen LogP contribution in [-0.2, 0) is 10.3 Å². The molecule has 0 saturated carbocycles. The van der Waals surface area contributed by atoms with Gasteiger partial charge in [0.05, 0.1) is 5.69 Å². The van der Waals surface area contributed by atoms with Crippen LogP contribution in [-0.4, -0.2) is 15.7 Å². The molecule has 3 rings (SSSR count). The van der Waals surface area contributed by atoms with Gasteiger partial charge in [-0.05, 0) is 68.4 Å². The van der Waals surface area contributed by atoms with E-state index in [1.165, 1.54) is 60.7 Å². The largest absolute Gasteiger partial charge is 0.324 e. The van der Waals surface area contributed by atoms with Crippen LogP contribution in [0.25, 0.3) is 11.3 Å². The summed E-state index contributed by atoms with van der Waals surface area (Å²) < 4.78 is 27.2. The van der Waals surface area contributed by atoms with Gasteiger partial charge in [0.15, 0.2) is 0 Å². The maximum Gasteiger partial charge on any atom is 0.267 e. The number of rotatable bonds is 4. The van der Waals surface area contributed by atoms with Crippen LogP contribution in [0.15, 0.2) is 65.5 Å². The van der Waals surface area contributed by atoms with Crippen LogP contribution >= 0.6 is 0 Å². The fraction of sp³-hybridized carbons (Fsp3) is 0.150. The first-order valence-electron chi connectivity index (χ1n) is 8.21. The zero-order chi connectivity index (χ0) is 19.6. The molecule has 0 saturated heterocycles. The van der Waals surface area contributed by atoms with Crippen LogP contribution in [0.4, 0.5) is 14.5 Å². The van der Waals surface area contributed by atoms with Gasteiger partial charge >= 0.3 is 0 Å². The molecule has 0 atom stereocenters. The molecule has 1 amide bonds. The summed E-state index contributed by atoms with van der Waals surface area (Å²) >= 11 is 0. The topological polar surface area (TPSA) is 64.0 Å². The molecule has 0 unspecified atom stereocenters. The minimum Gasteiger partial charge on any atom is -0.324 e. The second-order valence-corrected chi connectivity index (χ2v) is 6.50. The quantitative estimate of drug-likeness (QED) is 0.765. The molecule has 27 heavy (non-hydrogen) atoms. The number of nitrogens with zero attached hydrogens (tertiary/aromatic N) is 2. The number of anilines is 1. The number of benzene rings is 2. The molecule has 5 nitrogen and oxygen atoms in total. The summed E-state index contributed by atoms with van der Waals surface area (Å²) in [7, 11) is 0. The maximum absolute atomic E-state index is 13.1. The van der Waals surface area contributed by atoms with Crippen LogP contribution in [0.5, 0.6) is 0 Å². The predicted octanol–water partition coefficient (Wildman–Crippen LogP) is 3.56. The van der Waals surface area contributed by atoms with E-state index in [1.807, 2.05) is 0 Å². The third-order valence-electron chi connectivity index (χ3n) is 4.13. The van der Waals surface area contributed by atoms with Gasteiger partial charge in [0.25, 0.3) is 11.5 Å². The van der Waals surface area contributed by atoms with Gasteiger partial charge in [-0.3, -0.25) is 9.59 Å². The minimum absolute atomic E-state index is 0.383. The molecule has 0 aliphatic heterocycles. The Bertz CT molecular complexity index is 1030. The average molecular weight is 369 g/mol. The molecule has 1 N–H and O–H groups in total. The Kier molecular flexibility index (Phi) is 4.85. The summed E-state index contributed by atoms with van der Waals surface area (Å²) in [6, 6.07) is 13.8. The molecular formula is C20H17F2N3O2. The molecule has 0 aliphatic carbocycles. The monoisotopic (exact) mass is 369 g/mol. The van der Waals surface area contributed by atoms with Crippen molar-refractivity contribution in [1.82, 2.24) is 9.78 Å². The molecule has 0 fully saturated rings. The highest BCUT2D eigenvalue weighted by Gasteiger charge is 2.32. The molecule has 0 bridgehead atoms. The summed E-state index contributed by atoms with van der Waals surface area (Å²) in [6.45, 7) is 3.10. The van der Waals surface area contributed by atoms with Crippen molar-refractivity contribution in [3.05, 3.63) is 82.7 Å². The normalized spacial score (nSPS) is 11.3. The van der Waals surface area contributed by atoms with Crippen molar-refractivity contribution < 1.29 is 13.6 Å². The maximum atomic E-state index is 13.1. The Hall–Kier alpha value is -3.35. The Balaban J connectivity index is 1.94. The van der Waals surface area contributed by atoms with Crippen LogP contribution < -0.4 is 10.9 Å². The second kappa shape index (κ2) is 7.11. The summed E-state index contributed by atoms with van der Waals surface area (Å²) in [5.74, 6) is -1.29. The van der Waals surface area contributed by atoms with Crippen LogP contribution in [0, 0.1) is 11.6 Å². The van der Waals surface area contributed by atoms with E-state index in [2.05, 4.69) is 10.4 Å². The third kappa shape index (κ3) is 3.92. The SMILES string of the molecule is CC(C)(C(=O)Nc1ccc(F)cc1)n1nc(-c2ccc(F)cc2)ccc1=O. The molecule has 0 radical (unpaired) electrons. The van der Waals surface area contributed by atoms with E-state index in [1.54, 1.807) is 13.8 Å².